The topological polar surface area (TPSA) is 26.3 Å². The predicted octanol–water partition coefficient (Wildman–Crippen LogP) is 3.79. The molecule has 1 fully saturated rings. The van der Waals surface area contributed by atoms with Crippen LogP contribution in [0.15, 0.2) is 0 Å². The fourth-order valence-electron chi connectivity index (χ4n) is 2.42. The minimum Gasteiger partial charge on any atom is -0.465 e. The Kier molecular flexibility index (Phi) is 5.86. The number of rotatable bonds is 8. The summed E-state index contributed by atoms with van der Waals surface area (Å²) in [5.41, 5.74) is 0. The van der Waals surface area contributed by atoms with Crippen LogP contribution in [0.4, 0.5) is 0 Å². The van der Waals surface area contributed by atoms with E-state index in [9.17, 15) is 4.79 Å². The Balaban J connectivity index is 2.15. The highest BCUT2D eigenvalue weighted by molar-refractivity contribution is 5.76. The number of unbranched alkanes of at least 4 members (excludes halogenated alkanes) is 3. The van der Waals surface area contributed by atoms with E-state index >= 15 is 0 Å². The Morgan fingerprint density at radius 1 is 1.12 bits per heavy atom. The van der Waals surface area contributed by atoms with E-state index in [2.05, 4.69) is 20.8 Å². The molecule has 0 amide bonds. The number of hydrogen-bond acceptors (Lipinski definition) is 2. The third-order valence-electron chi connectivity index (χ3n) is 3.72. The molecule has 0 aliphatic heterocycles. The summed E-state index contributed by atoms with van der Waals surface area (Å²) in [6.07, 6.45) is 7.11. The Bertz CT molecular complexity index is 213. The SMILES string of the molecule is CCCCCC1C(C)C1C(=O)OCCCC. The molecule has 0 saturated heterocycles. The van der Waals surface area contributed by atoms with Gasteiger partial charge < -0.3 is 4.74 Å². The number of carbonyl (C=O) groups is 1. The fraction of sp³-hybridized carbons (Fsp3) is 0.929. The first-order valence-electron chi connectivity index (χ1n) is 6.89. The van der Waals surface area contributed by atoms with Crippen LogP contribution in [-0.4, -0.2) is 12.6 Å². The zero-order chi connectivity index (χ0) is 12.0. The van der Waals surface area contributed by atoms with Gasteiger partial charge in [0.2, 0.25) is 0 Å². The van der Waals surface area contributed by atoms with Gasteiger partial charge in [0.05, 0.1) is 12.5 Å². The van der Waals surface area contributed by atoms with Crippen molar-refractivity contribution < 1.29 is 9.53 Å². The molecule has 3 unspecified atom stereocenters. The molecule has 0 spiro atoms. The second-order valence-corrected chi connectivity index (χ2v) is 5.07. The molecule has 16 heavy (non-hydrogen) atoms. The molecule has 0 radical (unpaired) electrons. The van der Waals surface area contributed by atoms with Crippen LogP contribution in [0.5, 0.6) is 0 Å². The second kappa shape index (κ2) is 6.93. The lowest BCUT2D eigenvalue weighted by atomic mass is 10.1. The van der Waals surface area contributed by atoms with Gasteiger partial charge in [0, 0.05) is 0 Å². The van der Waals surface area contributed by atoms with E-state index in [-0.39, 0.29) is 11.9 Å². The van der Waals surface area contributed by atoms with Gasteiger partial charge in [0.15, 0.2) is 0 Å². The predicted molar refractivity (Wildman–Crippen MR) is 66.2 cm³/mol. The lowest BCUT2D eigenvalue weighted by Gasteiger charge is -2.03. The zero-order valence-electron chi connectivity index (χ0n) is 11.0. The summed E-state index contributed by atoms with van der Waals surface area (Å²) >= 11 is 0. The van der Waals surface area contributed by atoms with Crippen molar-refractivity contribution in [3.8, 4) is 0 Å². The largest absolute Gasteiger partial charge is 0.465 e. The first-order chi connectivity index (χ1) is 7.72. The molecule has 0 N–H and O–H groups in total. The molecule has 2 nitrogen and oxygen atoms in total. The zero-order valence-corrected chi connectivity index (χ0v) is 11.0. The van der Waals surface area contributed by atoms with Crippen molar-refractivity contribution in [3.63, 3.8) is 0 Å². The van der Waals surface area contributed by atoms with Gasteiger partial charge in [-0.15, -0.1) is 0 Å². The molecule has 1 saturated carbocycles. The summed E-state index contributed by atoms with van der Waals surface area (Å²) < 4.78 is 5.27. The van der Waals surface area contributed by atoms with E-state index < -0.39 is 0 Å². The third-order valence-corrected chi connectivity index (χ3v) is 3.72. The van der Waals surface area contributed by atoms with Gasteiger partial charge in [-0.05, 0) is 24.7 Å². The Hall–Kier alpha value is -0.530. The molecule has 1 aliphatic carbocycles. The molecule has 0 aromatic heterocycles. The maximum Gasteiger partial charge on any atom is 0.309 e. The Labute approximate surface area is 99.8 Å². The van der Waals surface area contributed by atoms with Crippen molar-refractivity contribution in [2.24, 2.45) is 17.8 Å². The lowest BCUT2D eigenvalue weighted by molar-refractivity contribution is -0.146. The van der Waals surface area contributed by atoms with Crippen LogP contribution in [0.3, 0.4) is 0 Å². The summed E-state index contributed by atoms with van der Waals surface area (Å²) in [5, 5.41) is 0. The van der Waals surface area contributed by atoms with Gasteiger partial charge in [-0.25, -0.2) is 0 Å². The van der Waals surface area contributed by atoms with Gasteiger partial charge in [0.25, 0.3) is 0 Å². The highest BCUT2D eigenvalue weighted by Crippen LogP contribution is 2.49. The van der Waals surface area contributed by atoms with Crippen molar-refractivity contribution in [3.05, 3.63) is 0 Å². The highest BCUT2D eigenvalue weighted by atomic mass is 16.5. The molecule has 1 rings (SSSR count). The summed E-state index contributed by atoms with van der Waals surface area (Å²) in [6, 6.07) is 0. The number of hydrogen-bond donors (Lipinski definition) is 0. The van der Waals surface area contributed by atoms with Crippen LogP contribution < -0.4 is 0 Å². The second-order valence-electron chi connectivity index (χ2n) is 5.07. The van der Waals surface area contributed by atoms with Gasteiger partial charge >= 0.3 is 5.97 Å². The standard InChI is InChI=1S/C14H26O2/c1-4-6-8-9-12-11(3)13(12)14(15)16-10-7-5-2/h11-13H,4-10H2,1-3H3. The minimum absolute atomic E-state index is 0.0578. The molecule has 1 aliphatic rings. The van der Waals surface area contributed by atoms with Crippen molar-refractivity contribution in [2.75, 3.05) is 6.61 Å². The summed E-state index contributed by atoms with van der Waals surface area (Å²) in [4.78, 5) is 11.7. The number of carbonyl (C=O) groups excluding carboxylic acids is 1. The van der Waals surface area contributed by atoms with E-state index in [0.717, 1.165) is 12.8 Å². The average molecular weight is 226 g/mol. The van der Waals surface area contributed by atoms with Crippen molar-refractivity contribution in [2.45, 2.75) is 59.3 Å². The molecular weight excluding hydrogens is 200 g/mol. The molecule has 0 bridgehead atoms. The van der Waals surface area contributed by atoms with Crippen molar-refractivity contribution in [1.82, 2.24) is 0 Å². The smallest absolute Gasteiger partial charge is 0.309 e. The normalized spacial score (nSPS) is 27.8. The van der Waals surface area contributed by atoms with E-state index in [4.69, 9.17) is 4.74 Å². The van der Waals surface area contributed by atoms with Crippen LogP contribution in [-0.2, 0) is 9.53 Å². The van der Waals surface area contributed by atoms with Gasteiger partial charge in [-0.3, -0.25) is 4.79 Å². The first-order valence-corrected chi connectivity index (χ1v) is 6.89. The summed E-state index contributed by atoms with van der Waals surface area (Å²) in [5.74, 6) is 1.45. The Morgan fingerprint density at radius 2 is 1.81 bits per heavy atom. The molecule has 0 aromatic rings. The molecular formula is C14H26O2. The number of esters is 1. The maximum atomic E-state index is 11.7. The summed E-state index contributed by atoms with van der Waals surface area (Å²) in [7, 11) is 0. The third kappa shape index (κ3) is 3.80. The van der Waals surface area contributed by atoms with Crippen LogP contribution in [0.25, 0.3) is 0 Å². The molecule has 0 aromatic carbocycles. The van der Waals surface area contributed by atoms with Crippen LogP contribution in [0.2, 0.25) is 0 Å². The van der Waals surface area contributed by atoms with Gasteiger partial charge in [-0.2, -0.15) is 0 Å². The van der Waals surface area contributed by atoms with Crippen molar-refractivity contribution in [1.29, 1.82) is 0 Å². The average Bonchev–Trinajstić information content (AvgIpc) is 2.90. The molecule has 0 heterocycles. The highest BCUT2D eigenvalue weighted by Gasteiger charge is 2.51. The van der Waals surface area contributed by atoms with Crippen LogP contribution in [0.1, 0.15) is 59.3 Å². The first kappa shape index (κ1) is 13.5. The fourth-order valence-corrected chi connectivity index (χ4v) is 2.42. The van der Waals surface area contributed by atoms with Gasteiger partial charge in [0.1, 0.15) is 0 Å². The lowest BCUT2D eigenvalue weighted by Crippen LogP contribution is -2.09. The molecule has 3 atom stereocenters. The monoisotopic (exact) mass is 226 g/mol. The Morgan fingerprint density at radius 3 is 2.44 bits per heavy atom. The molecule has 94 valence electrons. The summed E-state index contributed by atoms with van der Waals surface area (Å²) in [6.45, 7) is 7.12. The van der Waals surface area contributed by atoms with Crippen LogP contribution >= 0.6 is 0 Å². The van der Waals surface area contributed by atoms with E-state index in [1.54, 1.807) is 0 Å². The minimum atomic E-state index is 0.0578. The number of ether oxygens (including phenoxy) is 1. The van der Waals surface area contributed by atoms with E-state index in [0.29, 0.717) is 18.4 Å². The maximum absolute atomic E-state index is 11.7. The van der Waals surface area contributed by atoms with E-state index in [1.165, 1.54) is 25.7 Å². The molecule has 2 heteroatoms. The quantitative estimate of drug-likeness (QED) is 0.465. The van der Waals surface area contributed by atoms with Gasteiger partial charge in [-0.1, -0.05) is 46.5 Å². The van der Waals surface area contributed by atoms with E-state index in [1.807, 2.05) is 0 Å². The van der Waals surface area contributed by atoms with Crippen molar-refractivity contribution >= 4 is 5.97 Å². The van der Waals surface area contributed by atoms with Crippen LogP contribution in [0, 0.1) is 17.8 Å².